The van der Waals surface area contributed by atoms with E-state index in [1.165, 1.54) is 55.0 Å². The molecule has 2 unspecified atom stereocenters. The van der Waals surface area contributed by atoms with Crippen LogP contribution in [0.2, 0.25) is 0 Å². The highest BCUT2D eigenvalue weighted by atomic mass is 19.2. The van der Waals surface area contributed by atoms with Crippen LogP contribution < -0.4 is 30.6 Å². The highest BCUT2D eigenvalue weighted by Gasteiger charge is 2.45. The highest BCUT2D eigenvalue weighted by Crippen LogP contribution is 2.33. The molecule has 18 nitrogen and oxygen atoms in total. The molecule has 510 valence electrons. The third-order valence-electron chi connectivity index (χ3n) is 16.3. The van der Waals surface area contributed by atoms with Crippen LogP contribution in [0.25, 0.3) is 0 Å². The molecule has 0 radical (unpaired) electrons. The van der Waals surface area contributed by atoms with Crippen molar-refractivity contribution in [3.63, 3.8) is 0 Å². The molecular weight excluding hydrogens is 1230 g/mol. The van der Waals surface area contributed by atoms with E-state index in [2.05, 4.69) is 25.6 Å². The van der Waals surface area contributed by atoms with Gasteiger partial charge in [-0.1, -0.05) is 40.5 Å². The number of amides is 4. The zero-order valence-corrected chi connectivity index (χ0v) is 54.3. The van der Waals surface area contributed by atoms with Gasteiger partial charge in [-0.3, -0.25) is 34.1 Å². The summed E-state index contributed by atoms with van der Waals surface area (Å²) in [5, 5.41) is 38.4. The van der Waals surface area contributed by atoms with Crippen LogP contribution in [0, 0.1) is 58.6 Å². The first-order chi connectivity index (χ1) is 45.0. The summed E-state index contributed by atoms with van der Waals surface area (Å²) >= 11 is 0. The quantitative estimate of drug-likeness (QED) is 0.0230. The molecule has 0 bridgehead atoms. The highest BCUT2D eigenvalue weighted by molar-refractivity contribution is 5.92. The van der Waals surface area contributed by atoms with E-state index in [0.29, 0.717) is 87.3 Å². The summed E-state index contributed by atoms with van der Waals surface area (Å²) in [5.41, 5.74) is 7.72. The molecule has 0 saturated carbocycles. The van der Waals surface area contributed by atoms with Crippen LogP contribution >= 0.6 is 0 Å². The predicted octanol–water partition coefficient (Wildman–Crippen LogP) is 9.97. The van der Waals surface area contributed by atoms with Crippen molar-refractivity contribution in [3.05, 3.63) is 178 Å². The molecule has 10 atom stereocenters. The Kier molecular flexibility index (Phi) is 29.5. The number of unbranched alkanes of at least 4 members (excludes halogenated alkanes) is 2. The minimum absolute atomic E-state index is 0.0403. The number of aliphatic hydroxyl groups is 3. The van der Waals surface area contributed by atoms with E-state index in [9.17, 15) is 60.8 Å². The smallest absolute Gasteiger partial charge is 0.226 e. The van der Waals surface area contributed by atoms with Gasteiger partial charge in [0.25, 0.3) is 0 Å². The Labute approximate surface area is 545 Å². The van der Waals surface area contributed by atoms with Crippen LogP contribution in [0.3, 0.4) is 0 Å². The van der Waals surface area contributed by atoms with Crippen LogP contribution in [-0.2, 0) is 38.4 Å². The van der Waals surface area contributed by atoms with Gasteiger partial charge in [0.2, 0.25) is 23.6 Å². The van der Waals surface area contributed by atoms with Gasteiger partial charge in [0.15, 0.2) is 0 Å². The zero-order valence-electron chi connectivity index (χ0n) is 54.3. The number of hydrogen-bond acceptors (Lipinski definition) is 14. The number of ether oxygens (including phenoxy) is 3. The second-order valence-corrected chi connectivity index (χ2v) is 23.2. The van der Waals surface area contributed by atoms with Gasteiger partial charge in [-0.15, -0.1) is 0 Å². The lowest BCUT2D eigenvalue weighted by Crippen LogP contribution is -2.45. The maximum absolute atomic E-state index is 13.9. The number of likely N-dealkylation sites (tertiary alicyclic amines) is 2. The van der Waals surface area contributed by atoms with Gasteiger partial charge >= 0.3 is 0 Å². The summed E-state index contributed by atoms with van der Waals surface area (Å²) in [6, 6.07) is 16.4. The molecular formula is C70H88F6N8O10. The monoisotopic (exact) mass is 1310 g/mol. The number of carbonyl (C=O) groups excluding carboxylic acids is 4. The summed E-state index contributed by atoms with van der Waals surface area (Å²) in [7, 11) is 0. The molecule has 3 aromatic heterocycles. The Hall–Kier alpha value is -8.19. The Bertz CT molecular complexity index is 3200. The summed E-state index contributed by atoms with van der Waals surface area (Å²) < 4.78 is 98.1. The lowest BCUT2D eigenvalue weighted by Gasteiger charge is -2.26. The number of nitrogens with two attached hydrogens (primary N) is 1. The Morgan fingerprint density at radius 3 is 1.11 bits per heavy atom. The summed E-state index contributed by atoms with van der Waals surface area (Å²) in [5.74, 6) is -5.67. The van der Waals surface area contributed by atoms with Crippen molar-refractivity contribution in [2.45, 2.75) is 143 Å². The van der Waals surface area contributed by atoms with Crippen molar-refractivity contribution in [2.24, 2.45) is 29.4 Å². The number of halogens is 6. The van der Waals surface area contributed by atoms with Crippen molar-refractivity contribution in [1.29, 1.82) is 0 Å². The van der Waals surface area contributed by atoms with E-state index < -0.39 is 95.0 Å². The standard InChI is InChI=1S/2C27H35F2N3O4.C16H18F2N2O2/c2*1-4-7-10-32-16-22(21(5-2)27(32)35)26(34)31-24(13-17-11-18(28)14-19(29)12-17)25(33)23-15-20(36-6-3)8-9-30-23;1-2-22-13-3-4-20-15(9-13)16(21)14(19)7-10-5-11(17)8-12(18)6-10/h2*8-9,11-12,14-15,21-22,24-25,33H,4-7,10,13,16H2,1-3H3,(H,31,34);3-6,8-9,14,16,21H,2,7,19H2,1H3/t21-,22?,24+,25-;21-,22?,24-,25+;14-,16-/m100/s1. The molecule has 0 aliphatic carbocycles. The van der Waals surface area contributed by atoms with Gasteiger partial charge in [0, 0.05) is 87.2 Å². The third-order valence-corrected chi connectivity index (χ3v) is 16.3. The molecule has 2 fully saturated rings. The van der Waals surface area contributed by atoms with Crippen LogP contribution in [0.5, 0.6) is 17.2 Å². The first-order valence-electron chi connectivity index (χ1n) is 32.1. The van der Waals surface area contributed by atoms with E-state index in [0.717, 1.165) is 43.9 Å². The minimum atomic E-state index is -1.28. The molecule has 0 spiro atoms. The van der Waals surface area contributed by atoms with Gasteiger partial charge < -0.3 is 55.7 Å². The number of nitrogens with zero attached hydrogens (tertiary/aromatic N) is 5. The number of benzene rings is 3. The minimum Gasteiger partial charge on any atom is -0.494 e. The average Bonchev–Trinajstić information content (AvgIpc) is 1.51. The fourth-order valence-corrected chi connectivity index (χ4v) is 11.6. The fourth-order valence-electron chi connectivity index (χ4n) is 11.6. The molecule has 24 heteroatoms. The zero-order chi connectivity index (χ0) is 68.6. The number of aromatic nitrogens is 3. The van der Waals surface area contributed by atoms with Crippen LogP contribution in [0.4, 0.5) is 26.3 Å². The maximum Gasteiger partial charge on any atom is 0.226 e. The molecule has 2 aliphatic rings. The molecule has 2 saturated heterocycles. The third kappa shape index (κ3) is 21.7. The molecule has 7 N–H and O–H groups in total. The van der Waals surface area contributed by atoms with Crippen LogP contribution in [0.15, 0.2) is 110 Å². The van der Waals surface area contributed by atoms with Gasteiger partial charge in [0.1, 0.15) is 70.5 Å². The Morgan fingerprint density at radius 1 is 0.500 bits per heavy atom. The summed E-state index contributed by atoms with van der Waals surface area (Å²) in [6.45, 7) is 16.5. The second-order valence-electron chi connectivity index (χ2n) is 23.2. The first kappa shape index (κ1) is 74.8. The Morgan fingerprint density at radius 2 is 0.809 bits per heavy atom. The van der Waals surface area contributed by atoms with Gasteiger partial charge in [0.05, 0.1) is 72.7 Å². The van der Waals surface area contributed by atoms with Crippen molar-refractivity contribution in [1.82, 2.24) is 35.4 Å². The SMILES string of the molecule is CCCCN1CC(C(=O)N[C@@H](Cc2cc(F)cc(F)c2)[C@H](O)c2cc(OCC)ccn2)[C@@H](CC)C1=O.CCCCN1CC(C(=O)N[C@@H](Cc2cc(F)cc(F)c2)[C@H](O)c2cc(OCC)ccn2)[C@H](CC)C1=O.CCOc1ccnc([C@@H](O)[C@@H](N)Cc2cc(F)cc(F)c2)c1. The van der Waals surface area contributed by atoms with E-state index in [-0.39, 0.29) is 65.4 Å². The lowest BCUT2D eigenvalue weighted by molar-refractivity contribution is -0.134. The van der Waals surface area contributed by atoms with Crippen molar-refractivity contribution >= 4 is 23.6 Å². The number of rotatable bonds is 30. The van der Waals surface area contributed by atoms with Gasteiger partial charge in [-0.2, -0.15) is 0 Å². The molecule has 2 aliphatic heterocycles. The van der Waals surface area contributed by atoms with E-state index in [1.807, 2.05) is 48.5 Å². The number of hydrogen-bond donors (Lipinski definition) is 6. The van der Waals surface area contributed by atoms with Crippen molar-refractivity contribution in [3.8, 4) is 17.2 Å². The average molecular weight is 1320 g/mol. The number of nitrogens with one attached hydrogen (secondary N) is 2. The summed E-state index contributed by atoms with van der Waals surface area (Å²) in [4.78, 5) is 68.5. The molecule has 6 aromatic rings. The van der Waals surface area contributed by atoms with Crippen molar-refractivity contribution < 1.29 is 75.1 Å². The topological polar surface area (TPSA) is 252 Å². The van der Waals surface area contributed by atoms with Gasteiger partial charge in [-0.05, 0) is 137 Å². The Balaban J connectivity index is 0.000000230. The number of aliphatic hydroxyl groups excluding tert-OH is 3. The molecule has 5 heterocycles. The fraction of sp³-hybridized carbons (Fsp3) is 0.471. The van der Waals surface area contributed by atoms with E-state index in [1.54, 1.807) is 46.2 Å². The molecule has 4 amide bonds. The largest absolute Gasteiger partial charge is 0.494 e. The van der Waals surface area contributed by atoms with Gasteiger partial charge in [-0.25, -0.2) is 26.3 Å². The van der Waals surface area contributed by atoms with Crippen molar-refractivity contribution in [2.75, 3.05) is 46.0 Å². The molecule has 94 heavy (non-hydrogen) atoms. The number of carbonyl (C=O) groups is 4. The predicted molar refractivity (Wildman–Crippen MR) is 341 cm³/mol. The number of pyridine rings is 3. The molecule has 8 rings (SSSR count). The molecule has 3 aromatic carbocycles. The van der Waals surface area contributed by atoms with E-state index >= 15 is 0 Å². The van der Waals surface area contributed by atoms with E-state index in [4.69, 9.17) is 19.9 Å². The van der Waals surface area contributed by atoms with Crippen LogP contribution in [0.1, 0.15) is 139 Å². The normalized spacial score (nSPS) is 18.0. The first-order valence-corrected chi connectivity index (χ1v) is 32.1. The summed E-state index contributed by atoms with van der Waals surface area (Å²) in [6.07, 6.45) is 5.49. The lowest BCUT2D eigenvalue weighted by atomic mass is 9.91. The second kappa shape index (κ2) is 37.0. The maximum atomic E-state index is 13.9. The van der Waals surface area contributed by atoms with Crippen LogP contribution in [-0.4, -0.2) is 128 Å².